The number of anilines is 1. The molecule has 0 aliphatic heterocycles. The molecule has 3 aromatic rings. The van der Waals surface area contributed by atoms with E-state index < -0.39 is 23.3 Å². The van der Waals surface area contributed by atoms with Gasteiger partial charge in [0, 0.05) is 10.8 Å². The minimum atomic E-state index is -2.50. The average molecular weight is 345 g/mol. The van der Waals surface area contributed by atoms with Crippen LogP contribution >= 0.6 is 0 Å². The van der Waals surface area contributed by atoms with Crippen molar-refractivity contribution in [3.05, 3.63) is 55.1 Å². The first-order valence-corrected chi connectivity index (χ1v) is 8.24. The van der Waals surface area contributed by atoms with Crippen molar-refractivity contribution in [1.29, 1.82) is 0 Å². The Kier molecular flexibility index (Phi) is 4.37. The van der Waals surface area contributed by atoms with Gasteiger partial charge < -0.3 is 9.52 Å². The minimum absolute atomic E-state index is 0.0335. The van der Waals surface area contributed by atoms with E-state index in [9.17, 15) is 18.7 Å². The minimum Gasteiger partial charge on any atom is -0.480 e. The van der Waals surface area contributed by atoms with E-state index in [2.05, 4.69) is 6.58 Å². The van der Waals surface area contributed by atoms with Gasteiger partial charge in [0.1, 0.15) is 17.2 Å². The summed E-state index contributed by atoms with van der Waals surface area (Å²) in [7, 11) is 0. The lowest BCUT2D eigenvalue weighted by Crippen LogP contribution is -2.42. The molecule has 0 radical (unpaired) electrons. The third kappa shape index (κ3) is 2.79. The van der Waals surface area contributed by atoms with Crippen LogP contribution in [-0.2, 0) is 16.1 Å². The van der Waals surface area contributed by atoms with E-state index in [-0.39, 0.29) is 6.42 Å². The molecule has 6 nitrogen and oxygen atoms in total. The highest BCUT2D eigenvalue weighted by atomic mass is 32.2. The molecule has 7 heteroatoms. The third-order valence-corrected chi connectivity index (χ3v) is 4.54. The second-order valence-corrected chi connectivity index (χ2v) is 6.07. The van der Waals surface area contributed by atoms with Gasteiger partial charge in [0.2, 0.25) is 0 Å². The Morgan fingerprint density at radius 1 is 1.25 bits per heavy atom. The lowest BCUT2D eigenvalue weighted by Gasteiger charge is -2.26. The van der Waals surface area contributed by atoms with Crippen molar-refractivity contribution >= 4 is 44.9 Å². The number of aliphatic carboxylic acids is 1. The Labute approximate surface area is 140 Å². The molecule has 0 spiro atoms. The summed E-state index contributed by atoms with van der Waals surface area (Å²) in [5.74, 6) is -1.20. The normalized spacial score (nSPS) is 13.7. The van der Waals surface area contributed by atoms with Gasteiger partial charge >= 0.3 is 5.97 Å². The predicted octanol–water partition coefficient (Wildman–Crippen LogP) is 3.56. The van der Waals surface area contributed by atoms with E-state index >= 15 is 0 Å². The maximum Gasteiger partial charge on any atom is 0.327 e. The van der Waals surface area contributed by atoms with Crippen LogP contribution in [0.5, 0.6) is 0 Å². The standard InChI is InChI=1S/C17H15NO5S/c1-2-5-14(17(19)20)18(24(21)22)11-8-9-16-13(10-11)12-6-3-4-7-15(12)23-16/h2-4,6-10,14H,1,5H2,(H,19,20)(H,21,22). The van der Waals surface area contributed by atoms with Crippen LogP contribution in [0.15, 0.2) is 59.5 Å². The van der Waals surface area contributed by atoms with Crippen molar-refractivity contribution in [1.82, 2.24) is 0 Å². The van der Waals surface area contributed by atoms with Crippen LogP contribution in [0, 0.1) is 0 Å². The molecule has 0 aliphatic rings. The van der Waals surface area contributed by atoms with Crippen LogP contribution in [0.25, 0.3) is 21.9 Å². The van der Waals surface area contributed by atoms with E-state index in [1.807, 2.05) is 24.3 Å². The number of benzene rings is 2. The van der Waals surface area contributed by atoms with Crippen LogP contribution in [0.4, 0.5) is 5.69 Å². The number of carboxylic acids is 1. The molecule has 124 valence electrons. The van der Waals surface area contributed by atoms with E-state index in [1.165, 1.54) is 6.08 Å². The molecule has 3 rings (SSSR count). The molecule has 1 aromatic heterocycles. The van der Waals surface area contributed by atoms with E-state index in [0.717, 1.165) is 15.1 Å². The zero-order valence-electron chi connectivity index (χ0n) is 12.6. The third-order valence-electron chi connectivity index (χ3n) is 3.74. The van der Waals surface area contributed by atoms with Crippen molar-refractivity contribution in [3.8, 4) is 0 Å². The monoisotopic (exact) mass is 345 g/mol. The van der Waals surface area contributed by atoms with Crippen molar-refractivity contribution < 1.29 is 23.1 Å². The van der Waals surface area contributed by atoms with Gasteiger partial charge in [0.25, 0.3) is 11.3 Å². The quantitative estimate of drug-likeness (QED) is 0.526. The maximum atomic E-state index is 11.8. The average Bonchev–Trinajstić information content (AvgIpc) is 2.92. The summed E-state index contributed by atoms with van der Waals surface area (Å²) < 4.78 is 28.1. The van der Waals surface area contributed by atoms with Gasteiger partial charge in [-0.1, -0.05) is 24.3 Å². The summed E-state index contributed by atoms with van der Waals surface area (Å²) in [6.07, 6.45) is 1.44. The summed E-state index contributed by atoms with van der Waals surface area (Å²) in [5.41, 5.74) is 1.64. The number of para-hydroxylation sites is 1. The van der Waals surface area contributed by atoms with E-state index in [4.69, 9.17) is 4.42 Å². The van der Waals surface area contributed by atoms with Crippen molar-refractivity contribution in [2.75, 3.05) is 4.31 Å². The fourth-order valence-corrected chi connectivity index (χ4v) is 3.37. The summed E-state index contributed by atoms with van der Waals surface area (Å²) in [6.45, 7) is 3.52. The first-order chi connectivity index (χ1) is 11.5. The lowest BCUT2D eigenvalue weighted by atomic mass is 10.1. The molecule has 0 saturated heterocycles. The van der Waals surface area contributed by atoms with Crippen molar-refractivity contribution in [2.45, 2.75) is 12.5 Å². The SMILES string of the molecule is C=CCC(C(=O)O)N(c1ccc2oc3ccccc3c2c1)S(=O)O. The molecule has 1 heterocycles. The number of hydrogen-bond donors (Lipinski definition) is 2. The molecule has 0 saturated carbocycles. The number of rotatable bonds is 6. The fraction of sp³-hybridized carbons (Fsp3) is 0.118. The fourth-order valence-electron chi connectivity index (χ4n) is 2.68. The van der Waals surface area contributed by atoms with Crippen LogP contribution < -0.4 is 4.31 Å². The van der Waals surface area contributed by atoms with E-state index in [1.54, 1.807) is 18.2 Å². The second-order valence-electron chi connectivity index (χ2n) is 5.21. The second kappa shape index (κ2) is 6.46. The van der Waals surface area contributed by atoms with Crippen LogP contribution in [0.3, 0.4) is 0 Å². The highest BCUT2D eigenvalue weighted by Gasteiger charge is 2.29. The van der Waals surface area contributed by atoms with Gasteiger partial charge in [-0.15, -0.1) is 6.58 Å². The number of fused-ring (bicyclic) bond motifs is 3. The molecule has 2 aromatic carbocycles. The topological polar surface area (TPSA) is 91.0 Å². The highest BCUT2D eigenvalue weighted by Crippen LogP contribution is 2.32. The van der Waals surface area contributed by atoms with E-state index in [0.29, 0.717) is 16.9 Å². The van der Waals surface area contributed by atoms with Gasteiger partial charge in [-0.3, -0.25) is 8.86 Å². The van der Waals surface area contributed by atoms with Crippen LogP contribution in [0.1, 0.15) is 6.42 Å². The van der Waals surface area contributed by atoms with Crippen LogP contribution in [-0.4, -0.2) is 25.9 Å². The summed E-state index contributed by atoms with van der Waals surface area (Å²) in [6, 6.07) is 11.1. The molecule has 0 aliphatic carbocycles. The molecule has 0 fully saturated rings. The molecule has 24 heavy (non-hydrogen) atoms. The molecule has 2 atom stereocenters. The maximum absolute atomic E-state index is 11.8. The molecule has 0 bridgehead atoms. The van der Waals surface area contributed by atoms with Gasteiger partial charge in [0.05, 0.1) is 5.69 Å². The smallest absolute Gasteiger partial charge is 0.327 e. The van der Waals surface area contributed by atoms with Gasteiger partial charge in [-0.25, -0.2) is 9.00 Å². The highest BCUT2D eigenvalue weighted by molar-refractivity contribution is 7.80. The number of carboxylic acid groups (broad SMARTS) is 1. The summed E-state index contributed by atoms with van der Waals surface area (Å²) in [4.78, 5) is 11.5. The number of nitrogens with zero attached hydrogens (tertiary/aromatic N) is 1. The van der Waals surface area contributed by atoms with Gasteiger partial charge in [-0.2, -0.15) is 0 Å². The number of carbonyl (C=O) groups is 1. The van der Waals surface area contributed by atoms with Gasteiger partial charge in [-0.05, 0) is 30.7 Å². The Morgan fingerprint density at radius 2 is 1.96 bits per heavy atom. The molecular formula is C17H15NO5S. The Hall–Kier alpha value is -2.64. The zero-order valence-corrected chi connectivity index (χ0v) is 13.4. The molecule has 0 amide bonds. The number of furan rings is 1. The predicted molar refractivity (Wildman–Crippen MR) is 93.2 cm³/mol. The summed E-state index contributed by atoms with van der Waals surface area (Å²) in [5, 5.41) is 11.0. The molecule has 2 unspecified atom stereocenters. The Balaban J connectivity index is 2.17. The number of hydrogen-bond acceptors (Lipinski definition) is 3. The lowest BCUT2D eigenvalue weighted by molar-refractivity contribution is -0.138. The van der Waals surface area contributed by atoms with Gasteiger partial charge in [0.15, 0.2) is 0 Å². The van der Waals surface area contributed by atoms with Crippen molar-refractivity contribution in [3.63, 3.8) is 0 Å². The molecular weight excluding hydrogens is 330 g/mol. The molecule has 2 N–H and O–H groups in total. The zero-order chi connectivity index (χ0) is 17.3. The Morgan fingerprint density at radius 3 is 2.62 bits per heavy atom. The largest absolute Gasteiger partial charge is 0.480 e. The summed E-state index contributed by atoms with van der Waals surface area (Å²) >= 11 is -2.50. The Bertz CT molecular complexity index is 948. The first kappa shape index (κ1) is 16.2. The van der Waals surface area contributed by atoms with Crippen molar-refractivity contribution in [2.24, 2.45) is 0 Å². The first-order valence-electron chi connectivity index (χ1n) is 7.18. The van der Waals surface area contributed by atoms with Crippen LogP contribution in [0.2, 0.25) is 0 Å².